The highest BCUT2D eigenvalue weighted by Gasteiger charge is 2.39. The highest BCUT2D eigenvalue weighted by molar-refractivity contribution is 5.42. The molecule has 2 nitrogen and oxygen atoms in total. The molecule has 0 bridgehead atoms. The summed E-state index contributed by atoms with van der Waals surface area (Å²) in [7, 11) is 1.43. The second kappa shape index (κ2) is 4.61. The van der Waals surface area contributed by atoms with E-state index in [1.807, 2.05) is 0 Å². The molecule has 1 aliphatic rings. The van der Waals surface area contributed by atoms with E-state index in [4.69, 9.17) is 10.5 Å². The Morgan fingerprint density at radius 3 is 2.47 bits per heavy atom. The van der Waals surface area contributed by atoms with Crippen molar-refractivity contribution in [3.63, 3.8) is 0 Å². The lowest BCUT2D eigenvalue weighted by Crippen LogP contribution is -2.33. The van der Waals surface area contributed by atoms with Gasteiger partial charge in [0, 0.05) is 29.7 Å². The van der Waals surface area contributed by atoms with E-state index in [9.17, 15) is 8.78 Å². The van der Waals surface area contributed by atoms with Gasteiger partial charge in [0.25, 0.3) is 0 Å². The van der Waals surface area contributed by atoms with Crippen LogP contribution in [0.5, 0.6) is 5.75 Å². The van der Waals surface area contributed by atoms with E-state index in [-0.39, 0.29) is 11.2 Å². The predicted molar refractivity (Wildman–Crippen MR) is 62.1 cm³/mol. The first-order valence-corrected chi connectivity index (χ1v) is 5.86. The van der Waals surface area contributed by atoms with Gasteiger partial charge in [-0.05, 0) is 12.8 Å². The fraction of sp³-hybridized carbons (Fsp3) is 0.538. The van der Waals surface area contributed by atoms with Crippen molar-refractivity contribution in [3.8, 4) is 5.75 Å². The third-order valence-corrected chi connectivity index (χ3v) is 3.72. The molecule has 0 aliphatic heterocycles. The minimum absolute atomic E-state index is 0.273. The van der Waals surface area contributed by atoms with Crippen LogP contribution in [0.4, 0.5) is 8.78 Å². The van der Waals surface area contributed by atoms with Gasteiger partial charge in [0.15, 0.2) is 0 Å². The Morgan fingerprint density at radius 1 is 1.29 bits per heavy atom. The molecule has 0 spiro atoms. The lowest BCUT2D eigenvalue weighted by Gasteiger charge is -2.29. The molecule has 4 heteroatoms. The van der Waals surface area contributed by atoms with E-state index in [1.165, 1.54) is 13.2 Å². The third kappa shape index (κ3) is 2.02. The molecular weight excluding hydrogens is 224 g/mol. The average molecular weight is 241 g/mol. The van der Waals surface area contributed by atoms with Crippen LogP contribution in [-0.4, -0.2) is 13.7 Å². The number of benzene rings is 1. The van der Waals surface area contributed by atoms with E-state index in [0.29, 0.717) is 12.1 Å². The Bertz CT molecular complexity index is 414. The summed E-state index contributed by atoms with van der Waals surface area (Å²) in [5.74, 6) is -0.891. The maximum absolute atomic E-state index is 14.0. The molecule has 0 atom stereocenters. The van der Waals surface area contributed by atoms with Crippen LogP contribution in [0.25, 0.3) is 0 Å². The highest BCUT2D eigenvalue weighted by atomic mass is 19.1. The first kappa shape index (κ1) is 12.3. The highest BCUT2D eigenvalue weighted by Crippen LogP contribution is 2.45. The summed E-state index contributed by atoms with van der Waals surface area (Å²) in [6.07, 6.45) is 3.72. The zero-order chi connectivity index (χ0) is 12.5. The summed E-state index contributed by atoms with van der Waals surface area (Å²) in [5, 5.41) is 0. The maximum Gasteiger partial charge on any atom is 0.133 e. The molecule has 1 aromatic rings. The number of rotatable bonds is 3. The van der Waals surface area contributed by atoms with Crippen LogP contribution in [-0.2, 0) is 5.41 Å². The molecule has 2 rings (SSSR count). The van der Waals surface area contributed by atoms with Gasteiger partial charge in [-0.15, -0.1) is 0 Å². The van der Waals surface area contributed by atoms with E-state index in [2.05, 4.69) is 0 Å². The van der Waals surface area contributed by atoms with Gasteiger partial charge in [0.05, 0.1) is 7.11 Å². The van der Waals surface area contributed by atoms with Crippen LogP contribution < -0.4 is 10.5 Å². The van der Waals surface area contributed by atoms with Crippen LogP contribution in [0, 0.1) is 11.6 Å². The number of methoxy groups -OCH3 is 1. The second-order valence-corrected chi connectivity index (χ2v) is 4.66. The molecule has 0 heterocycles. The lowest BCUT2D eigenvalue weighted by atomic mass is 9.78. The molecule has 1 saturated carbocycles. The molecule has 0 aromatic heterocycles. The number of hydrogen-bond acceptors (Lipinski definition) is 2. The summed E-state index contributed by atoms with van der Waals surface area (Å²) in [4.78, 5) is 0. The van der Waals surface area contributed by atoms with Crippen LogP contribution in [0.1, 0.15) is 31.2 Å². The van der Waals surface area contributed by atoms with Gasteiger partial charge in [-0.1, -0.05) is 12.8 Å². The van der Waals surface area contributed by atoms with Crippen LogP contribution in [0.15, 0.2) is 12.1 Å². The summed E-state index contributed by atoms with van der Waals surface area (Å²) in [6, 6.07) is 2.14. The number of hydrogen-bond donors (Lipinski definition) is 1. The topological polar surface area (TPSA) is 35.2 Å². The Balaban J connectivity index is 2.56. The third-order valence-electron chi connectivity index (χ3n) is 3.72. The number of halogens is 2. The quantitative estimate of drug-likeness (QED) is 0.883. The minimum Gasteiger partial charge on any atom is -0.496 e. The van der Waals surface area contributed by atoms with Crippen LogP contribution in [0.2, 0.25) is 0 Å². The average Bonchev–Trinajstić information content (AvgIpc) is 2.77. The molecule has 0 unspecified atom stereocenters. The summed E-state index contributed by atoms with van der Waals surface area (Å²) in [5.41, 5.74) is 5.88. The van der Waals surface area contributed by atoms with Crippen molar-refractivity contribution < 1.29 is 13.5 Å². The first-order valence-electron chi connectivity index (χ1n) is 5.86. The smallest absolute Gasteiger partial charge is 0.133 e. The van der Waals surface area contributed by atoms with Gasteiger partial charge < -0.3 is 10.5 Å². The van der Waals surface area contributed by atoms with E-state index in [0.717, 1.165) is 31.7 Å². The summed E-state index contributed by atoms with van der Waals surface area (Å²) in [6.45, 7) is 0.367. The van der Waals surface area contributed by atoms with Crippen molar-refractivity contribution >= 4 is 0 Å². The Labute approximate surface area is 99.8 Å². The molecular formula is C13H17F2NO. The Kier molecular flexibility index (Phi) is 3.33. The van der Waals surface area contributed by atoms with Gasteiger partial charge in [-0.2, -0.15) is 0 Å². The van der Waals surface area contributed by atoms with Gasteiger partial charge in [0.1, 0.15) is 17.4 Å². The monoisotopic (exact) mass is 241 g/mol. The predicted octanol–water partition coefficient (Wildman–Crippen LogP) is 2.74. The normalized spacial score (nSPS) is 18.4. The zero-order valence-corrected chi connectivity index (χ0v) is 9.93. The molecule has 2 N–H and O–H groups in total. The van der Waals surface area contributed by atoms with Gasteiger partial charge in [-0.3, -0.25) is 0 Å². The van der Waals surface area contributed by atoms with Crippen molar-refractivity contribution in [2.75, 3.05) is 13.7 Å². The van der Waals surface area contributed by atoms with Gasteiger partial charge in [-0.25, -0.2) is 8.78 Å². The molecule has 0 saturated heterocycles. The van der Waals surface area contributed by atoms with E-state index in [1.54, 1.807) is 0 Å². The van der Waals surface area contributed by atoms with E-state index >= 15 is 0 Å². The number of nitrogens with two attached hydrogens (primary N) is 1. The SMILES string of the molecule is COc1cc(F)cc(F)c1C1(CN)CCCC1. The number of ether oxygens (including phenoxy) is 1. The minimum atomic E-state index is -0.617. The maximum atomic E-state index is 14.0. The summed E-state index contributed by atoms with van der Waals surface area (Å²) < 4.78 is 32.3. The summed E-state index contributed by atoms with van der Waals surface area (Å²) >= 11 is 0. The standard InChI is InChI=1S/C13H17F2NO/c1-17-11-7-9(14)6-10(15)12(11)13(8-16)4-2-3-5-13/h6-7H,2-5,8,16H2,1H3. The van der Waals surface area contributed by atoms with E-state index < -0.39 is 11.6 Å². The molecule has 1 aliphatic carbocycles. The van der Waals surface area contributed by atoms with Crippen molar-refractivity contribution in [2.45, 2.75) is 31.1 Å². The van der Waals surface area contributed by atoms with Crippen LogP contribution >= 0.6 is 0 Å². The first-order chi connectivity index (χ1) is 8.13. The largest absolute Gasteiger partial charge is 0.496 e. The van der Waals surface area contributed by atoms with Crippen molar-refractivity contribution in [1.82, 2.24) is 0 Å². The Morgan fingerprint density at radius 2 is 1.94 bits per heavy atom. The van der Waals surface area contributed by atoms with Gasteiger partial charge in [0.2, 0.25) is 0 Å². The van der Waals surface area contributed by atoms with Crippen molar-refractivity contribution in [2.24, 2.45) is 5.73 Å². The van der Waals surface area contributed by atoms with Gasteiger partial charge >= 0.3 is 0 Å². The fourth-order valence-corrected chi connectivity index (χ4v) is 2.83. The zero-order valence-electron chi connectivity index (χ0n) is 9.93. The molecule has 17 heavy (non-hydrogen) atoms. The lowest BCUT2D eigenvalue weighted by molar-refractivity contribution is 0.360. The Hall–Kier alpha value is -1.16. The van der Waals surface area contributed by atoms with Crippen molar-refractivity contribution in [1.29, 1.82) is 0 Å². The molecule has 0 amide bonds. The van der Waals surface area contributed by atoms with Crippen molar-refractivity contribution in [3.05, 3.63) is 29.3 Å². The fourth-order valence-electron chi connectivity index (χ4n) is 2.83. The molecule has 94 valence electrons. The molecule has 1 aromatic carbocycles. The molecule has 1 fully saturated rings. The second-order valence-electron chi connectivity index (χ2n) is 4.66. The molecule has 0 radical (unpaired) electrons. The van der Waals surface area contributed by atoms with Crippen LogP contribution in [0.3, 0.4) is 0 Å².